The third-order valence-electron chi connectivity index (χ3n) is 5.20. The van der Waals surface area contributed by atoms with Gasteiger partial charge >= 0.3 is 0 Å². The van der Waals surface area contributed by atoms with E-state index in [-0.39, 0.29) is 0 Å². The Balaban J connectivity index is 1.59. The minimum atomic E-state index is 0.680. The van der Waals surface area contributed by atoms with Crippen LogP contribution in [0.4, 0.5) is 5.69 Å². The average molecular weight is 424 g/mol. The highest BCUT2D eigenvalue weighted by molar-refractivity contribution is 7.07. The van der Waals surface area contributed by atoms with Gasteiger partial charge < -0.3 is 14.0 Å². The first kappa shape index (κ1) is 20.8. The molecule has 3 aromatic rings. The molecule has 0 radical (unpaired) electrons. The summed E-state index contributed by atoms with van der Waals surface area (Å²) in [5, 5.41) is 2.21. The smallest absolute Gasteiger partial charge is 0.190 e. The van der Waals surface area contributed by atoms with Crippen LogP contribution >= 0.6 is 11.3 Å². The summed E-state index contributed by atoms with van der Waals surface area (Å²) in [7, 11) is 0. The number of rotatable bonds is 8. The molecule has 0 bridgehead atoms. The third-order valence-corrected chi connectivity index (χ3v) is 6.06. The van der Waals surface area contributed by atoms with Crippen LogP contribution in [0, 0.1) is 0 Å². The third kappa shape index (κ3) is 5.39. The van der Waals surface area contributed by atoms with Crippen molar-refractivity contribution in [2.24, 2.45) is 4.99 Å². The lowest BCUT2D eigenvalue weighted by Gasteiger charge is -2.26. The lowest BCUT2D eigenvalue weighted by Crippen LogP contribution is -2.37. The standard InChI is InChI=1S/C24H29N3O2S/c1-2-29-22-11-9-20(10-12-22)23-19-30-24(25-21-7-4-3-5-8-21)27(23)14-6-13-26-15-17-28-18-16-26/h3-5,7-12,19H,2,6,13-18H2,1H3. The maximum absolute atomic E-state index is 5.60. The van der Waals surface area contributed by atoms with E-state index in [9.17, 15) is 0 Å². The molecule has 1 aliphatic rings. The van der Waals surface area contributed by atoms with Crippen LogP contribution in [-0.2, 0) is 11.3 Å². The predicted octanol–water partition coefficient (Wildman–Crippen LogP) is 4.57. The quantitative estimate of drug-likeness (QED) is 0.533. The summed E-state index contributed by atoms with van der Waals surface area (Å²) >= 11 is 1.70. The van der Waals surface area contributed by atoms with Gasteiger partial charge in [-0.15, -0.1) is 11.3 Å². The molecule has 158 valence electrons. The van der Waals surface area contributed by atoms with Crippen LogP contribution in [0.2, 0.25) is 0 Å². The molecule has 4 rings (SSSR count). The number of morpholine rings is 1. The summed E-state index contributed by atoms with van der Waals surface area (Å²) in [5.74, 6) is 0.907. The highest BCUT2D eigenvalue weighted by Gasteiger charge is 2.12. The van der Waals surface area contributed by atoms with Gasteiger partial charge in [-0.2, -0.15) is 0 Å². The minimum absolute atomic E-state index is 0.680. The van der Waals surface area contributed by atoms with Gasteiger partial charge in [-0.3, -0.25) is 4.90 Å². The van der Waals surface area contributed by atoms with E-state index in [2.05, 4.69) is 27.0 Å². The lowest BCUT2D eigenvalue weighted by molar-refractivity contribution is 0.0369. The Hall–Kier alpha value is -2.41. The molecule has 30 heavy (non-hydrogen) atoms. The number of ether oxygens (including phenoxy) is 2. The molecule has 2 aromatic carbocycles. The van der Waals surface area contributed by atoms with Crippen molar-refractivity contribution in [3.8, 4) is 17.0 Å². The van der Waals surface area contributed by atoms with Crippen molar-refractivity contribution < 1.29 is 9.47 Å². The molecule has 1 aromatic heterocycles. The second kappa shape index (κ2) is 10.6. The van der Waals surface area contributed by atoms with Gasteiger partial charge in [0.1, 0.15) is 5.75 Å². The average Bonchev–Trinajstić information content (AvgIpc) is 3.18. The number of para-hydroxylation sites is 1. The molecule has 1 fully saturated rings. The van der Waals surface area contributed by atoms with Crippen LogP contribution in [0.1, 0.15) is 13.3 Å². The van der Waals surface area contributed by atoms with Gasteiger partial charge in [0.2, 0.25) is 0 Å². The summed E-state index contributed by atoms with van der Waals surface area (Å²) in [6.07, 6.45) is 1.09. The van der Waals surface area contributed by atoms with Gasteiger partial charge in [-0.25, -0.2) is 4.99 Å². The number of hydrogen-bond donors (Lipinski definition) is 0. The molecule has 0 N–H and O–H groups in total. The Morgan fingerprint density at radius 2 is 1.77 bits per heavy atom. The van der Waals surface area contributed by atoms with Gasteiger partial charge in [0.05, 0.1) is 31.2 Å². The van der Waals surface area contributed by atoms with Gasteiger partial charge in [-0.1, -0.05) is 18.2 Å². The summed E-state index contributed by atoms with van der Waals surface area (Å²) in [4.78, 5) is 8.44. The van der Waals surface area contributed by atoms with Crippen molar-refractivity contribution in [3.05, 3.63) is 64.8 Å². The monoisotopic (exact) mass is 423 g/mol. The number of benzene rings is 2. The topological polar surface area (TPSA) is 39.0 Å². The van der Waals surface area contributed by atoms with Gasteiger partial charge in [-0.05, 0) is 55.3 Å². The van der Waals surface area contributed by atoms with Crippen LogP contribution < -0.4 is 9.54 Å². The second-order valence-corrected chi connectivity index (χ2v) is 8.10. The highest BCUT2D eigenvalue weighted by atomic mass is 32.1. The van der Waals surface area contributed by atoms with E-state index in [1.54, 1.807) is 11.3 Å². The van der Waals surface area contributed by atoms with E-state index < -0.39 is 0 Å². The number of nitrogens with zero attached hydrogens (tertiary/aromatic N) is 3. The fraction of sp³-hybridized carbons (Fsp3) is 0.375. The molecule has 0 atom stereocenters. The second-order valence-electron chi connectivity index (χ2n) is 7.27. The van der Waals surface area contributed by atoms with Crippen molar-refractivity contribution >= 4 is 17.0 Å². The Labute approximate surface area is 182 Å². The molecule has 0 aliphatic carbocycles. The molecule has 1 aliphatic heterocycles. The molecule has 5 nitrogen and oxygen atoms in total. The zero-order chi connectivity index (χ0) is 20.6. The first-order chi connectivity index (χ1) is 14.8. The van der Waals surface area contributed by atoms with Crippen molar-refractivity contribution in [2.75, 3.05) is 39.5 Å². The van der Waals surface area contributed by atoms with Crippen molar-refractivity contribution in [1.82, 2.24) is 9.47 Å². The molecule has 0 saturated carbocycles. The highest BCUT2D eigenvalue weighted by Crippen LogP contribution is 2.24. The largest absolute Gasteiger partial charge is 0.494 e. The van der Waals surface area contributed by atoms with E-state index in [1.807, 2.05) is 49.4 Å². The van der Waals surface area contributed by atoms with Crippen molar-refractivity contribution in [2.45, 2.75) is 19.9 Å². The van der Waals surface area contributed by atoms with E-state index in [4.69, 9.17) is 14.5 Å². The van der Waals surface area contributed by atoms with Crippen LogP contribution in [0.3, 0.4) is 0 Å². The van der Waals surface area contributed by atoms with Gasteiger partial charge in [0.25, 0.3) is 0 Å². The van der Waals surface area contributed by atoms with Gasteiger partial charge in [0.15, 0.2) is 4.80 Å². The Morgan fingerprint density at radius 3 is 2.50 bits per heavy atom. The van der Waals surface area contributed by atoms with Crippen LogP contribution in [0.15, 0.2) is 65.0 Å². The SMILES string of the molecule is CCOc1ccc(-c2csc(=Nc3ccccc3)n2CCCN2CCOCC2)cc1. The minimum Gasteiger partial charge on any atom is -0.494 e. The molecule has 2 heterocycles. The summed E-state index contributed by atoms with van der Waals surface area (Å²) in [6, 6.07) is 18.5. The molecule has 1 saturated heterocycles. The zero-order valence-electron chi connectivity index (χ0n) is 17.5. The predicted molar refractivity (Wildman–Crippen MR) is 122 cm³/mol. The van der Waals surface area contributed by atoms with E-state index in [0.29, 0.717) is 6.61 Å². The normalized spacial score (nSPS) is 15.4. The lowest BCUT2D eigenvalue weighted by atomic mass is 10.1. The van der Waals surface area contributed by atoms with Crippen LogP contribution in [-0.4, -0.2) is 48.9 Å². The maximum atomic E-state index is 5.60. The fourth-order valence-electron chi connectivity index (χ4n) is 3.64. The zero-order valence-corrected chi connectivity index (χ0v) is 18.3. The Morgan fingerprint density at radius 1 is 1.00 bits per heavy atom. The summed E-state index contributed by atoms with van der Waals surface area (Å²) in [5.41, 5.74) is 3.38. The van der Waals surface area contributed by atoms with E-state index >= 15 is 0 Å². The Kier molecular flexibility index (Phi) is 7.34. The molecule has 0 unspecified atom stereocenters. The summed E-state index contributed by atoms with van der Waals surface area (Å²) in [6.45, 7) is 8.46. The van der Waals surface area contributed by atoms with Crippen LogP contribution in [0.25, 0.3) is 11.3 Å². The van der Waals surface area contributed by atoms with E-state index in [1.165, 1.54) is 11.3 Å². The molecular weight excluding hydrogens is 394 g/mol. The van der Waals surface area contributed by atoms with Gasteiger partial charge in [0, 0.05) is 31.6 Å². The van der Waals surface area contributed by atoms with Crippen molar-refractivity contribution in [3.63, 3.8) is 0 Å². The molecular formula is C24H29N3O2S. The fourth-order valence-corrected chi connectivity index (χ4v) is 4.60. The molecule has 6 heteroatoms. The van der Waals surface area contributed by atoms with Crippen LogP contribution in [0.5, 0.6) is 5.75 Å². The summed E-state index contributed by atoms with van der Waals surface area (Å²) < 4.78 is 13.4. The van der Waals surface area contributed by atoms with E-state index in [0.717, 1.165) is 62.1 Å². The number of aromatic nitrogens is 1. The number of hydrogen-bond acceptors (Lipinski definition) is 5. The number of thiazole rings is 1. The van der Waals surface area contributed by atoms with Crippen molar-refractivity contribution in [1.29, 1.82) is 0 Å². The maximum Gasteiger partial charge on any atom is 0.190 e. The molecule has 0 spiro atoms. The first-order valence-electron chi connectivity index (χ1n) is 10.6. The molecule has 0 amide bonds. The first-order valence-corrected chi connectivity index (χ1v) is 11.5. The Bertz CT molecular complexity index is 974.